The average Bonchev–Trinajstić information content (AvgIpc) is 2.67. The second-order valence-corrected chi connectivity index (χ2v) is 5.50. The summed E-state index contributed by atoms with van der Waals surface area (Å²) in [5.74, 6) is 15.7. The number of anilines is 3. The third-order valence-corrected chi connectivity index (χ3v) is 3.68. The summed E-state index contributed by atoms with van der Waals surface area (Å²) in [5.41, 5.74) is 2.53. The molecule has 3 nitrogen and oxygen atoms in total. The van der Waals surface area contributed by atoms with Gasteiger partial charge in [-0.05, 0) is 18.2 Å². The zero-order valence-electron chi connectivity index (χ0n) is 15.3. The molecule has 0 aliphatic rings. The molecule has 132 valence electrons. The molecule has 0 N–H and O–H groups in total. The van der Waals surface area contributed by atoms with Gasteiger partial charge < -0.3 is 14.7 Å². The van der Waals surface area contributed by atoms with E-state index in [1.54, 1.807) is 0 Å². The van der Waals surface area contributed by atoms with Crippen molar-refractivity contribution in [3.8, 4) is 74.1 Å². The van der Waals surface area contributed by atoms with E-state index in [1.807, 2.05) is 32.9 Å². The van der Waals surface area contributed by atoms with Crippen LogP contribution in [0.1, 0.15) is 0 Å². The van der Waals surface area contributed by atoms with Crippen LogP contribution in [0.3, 0.4) is 0 Å². The van der Waals surface area contributed by atoms with Crippen LogP contribution in [-0.2, 0) is 0 Å². The average molecular weight is 351 g/mol. The zero-order chi connectivity index (χ0) is 20.1. The highest BCUT2D eigenvalue weighted by Crippen LogP contribution is 2.30. The standard InChI is InChI=1S/C24H21N3/c1-7-13-25(14-8-2)22-19-23(26(15-9-3)16-10-4)21-24(20-22)27(17-11-5)18-12-6/h1-6,19-21H,13-18H2. The lowest BCUT2D eigenvalue weighted by Crippen LogP contribution is -2.29. The van der Waals surface area contributed by atoms with Crippen molar-refractivity contribution in [3.05, 3.63) is 18.2 Å². The Balaban J connectivity index is 3.54. The molecule has 0 heterocycles. The van der Waals surface area contributed by atoms with Crippen LogP contribution in [0.15, 0.2) is 18.2 Å². The Kier molecular flexibility index (Phi) is 8.97. The second-order valence-electron chi connectivity index (χ2n) is 5.50. The van der Waals surface area contributed by atoms with E-state index in [0.29, 0.717) is 39.3 Å². The number of rotatable bonds is 9. The highest BCUT2D eigenvalue weighted by Gasteiger charge is 2.14. The molecular weight excluding hydrogens is 330 g/mol. The van der Waals surface area contributed by atoms with E-state index in [9.17, 15) is 0 Å². The van der Waals surface area contributed by atoms with Crippen LogP contribution >= 0.6 is 0 Å². The van der Waals surface area contributed by atoms with Gasteiger partial charge in [-0.1, -0.05) is 35.5 Å². The van der Waals surface area contributed by atoms with E-state index < -0.39 is 0 Å². The lowest BCUT2D eigenvalue weighted by atomic mass is 10.1. The Labute approximate surface area is 163 Å². The number of hydrogen-bond donors (Lipinski definition) is 0. The molecule has 1 rings (SSSR count). The monoisotopic (exact) mass is 351 g/mol. The van der Waals surface area contributed by atoms with Crippen molar-refractivity contribution in [2.75, 3.05) is 54.0 Å². The van der Waals surface area contributed by atoms with Gasteiger partial charge in [0.2, 0.25) is 0 Å². The van der Waals surface area contributed by atoms with Crippen LogP contribution in [0.2, 0.25) is 0 Å². The third-order valence-electron chi connectivity index (χ3n) is 3.68. The normalized spacial score (nSPS) is 8.67. The molecule has 0 unspecified atom stereocenters. The molecule has 1 aromatic rings. The van der Waals surface area contributed by atoms with Gasteiger partial charge >= 0.3 is 0 Å². The van der Waals surface area contributed by atoms with E-state index in [0.717, 1.165) is 17.1 Å². The van der Waals surface area contributed by atoms with Crippen molar-refractivity contribution in [3.63, 3.8) is 0 Å². The Morgan fingerprint density at radius 3 is 0.778 bits per heavy atom. The van der Waals surface area contributed by atoms with E-state index >= 15 is 0 Å². The molecule has 0 aliphatic heterocycles. The lowest BCUT2D eigenvalue weighted by molar-refractivity contribution is 0.947. The maximum Gasteiger partial charge on any atom is 0.0801 e. The molecule has 0 aromatic heterocycles. The summed E-state index contributed by atoms with van der Waals surface area (Å²) < 4.78 is 0. The minimum atomic E-state index is 0.363. The van der Waals surface area contributed by atoms with Gasteiger partial charge in [0.15, 0.2) is 0 Å². The van der Waals surface area contributed by atoms with Crippen molar-refractivity contribution in [1.82, 2.24) is 0 Å². The first-order chi connectivity index (χ1) is 13.1. The van der Waals surface area contributed by atoms with E-state index in [4.69, 9.17) is 38.5 Å². The van der Waals surface area contributed by atoms with Gasteiger partial charge in [0.05, 0.1) is 39.3 Å². The Morgan fingerprint density at radius 1 is 0.444 bits per heavy atom. The first kappa shape index (κ1) is 21.0. The minimum Gasteiger partial charge on any atom is -0.349 e. The predicted octanol–water partition coefficient (Wildman–Crippen LogP) is 1.91. The molecule has 0 aliphatic carbocycles. The summed E-state index contributed by atoms with van der Waals surface area (Å²) >= 11 is 0. The highest BCUT2D eigenvalue weighted by atomic mass is 15.2. The number of hydrogen-bond acceptors (Lipinski definition) is 3. The van der Waals surface area contributed by atoms with Crippen molar-refractivity contribution in [2.45, 2.75) is 0 Å². The maximum atomic E-state index is 5.50. The van der Waals surface area contributed by atoms with Crippen LogP contribution in [0.25, 0.3) is 0 Å². The second kappa shape index (κ2) is 11.5. The number of benzene rings is 1. The van der Waals surface area contributed by atoms with Gasteiger partial charge in [-0.2, -0.15) is 0 Å². The first-order valence-electron chi connectivity index (χ1n) is 8.15. The summed E-state index contributed by atoms with van der Waals surface area (Å²) in [7, 11) is 0. The maximum absolute atomic E-state index is 5.50. The van der Waals surface area contributed by atoms with Crippen LogP contribution in [0, 0.1) is 74.1 Å². The fourth-order valence-electron chi connectivity index (χ4n) is 2.50. The molecule has 0 atom stereocenters. The SMILES string of the molecule is C#CCN(CC#C)c1cc(N(CC#C)CC#C)cc(N(CC#C)CC#C)c1. The summed E-state index contributed by atoms with van der Waals surface area (Å²) in [6.45, 7) is 2.18. The fourth-order valence-corrected chi connectivity index (χ4v) is 2.50. The molecule has 3 heteroatoms. The molecular formula is C24H21N3. The Morgan fingerprint density at radius 2 is 0.630 bits per heavy atom. The highest BCUT2D eigenvalue weighted by molar-refractivity contribution is 5.71. The molecule has 0 spiro atoms. The van der Waals surface area contributed by atoms with Crippen molar-refractivity contribution in [2.24, 2.45) is 0 Å². The molecule has 0 saturated carbocycles. The lowest BCUT2D eigenvalue weighted by Gasteiger charge is -2.28. The third kappa shape index (κ3) is 6.08. The summed E-state index contributed by atoms with van der Waals surface area (Å²) in [4.78, 5) is 5.71. The van der Waals surface area contributed by atoms with Gasteiger partial charge in [0.25, 0.3) is 0 Å². The van der Waals surface area contributed by atoms with Crippen molar-refractivity contribution < 1.29 is 0 Å². The van der Waals surface area contributed by atoms with Crippen molar-refractivity contribution >= 4 is 17.1 Å². The van der Waals surface area contributed by atoms with Crippen LogP contribution < -0.4 is 14.7 Å². The number of terminal acetylenes is 6. The Bertz CT molecular complexity index is 705. The topological polar surface area (TPSA) is 9.72 Å². The quantitative estimate of drug-likeness (QED) is 0.629. The van der Waals surface area contributed by atoms with E-state index in [-0.39, 0.29) is 0 Å². The van der Waals surface area contributed by atoms with Crippen LogP contribution in [0.4, 0.5) is 17.1 Å². The molecule has 27 heavy (non-hydrogen) atoms. The fraction of sp³-hybridized carbons (Fsp3) is 0.250. The van der Waals surface area contributed by atoms with Gasteiger partial charge in [-0.15, -0.1) is 38.5 Å². The predicted molar refractivity (Wildman–Crippen MR) is 116 cm³/mol. The molecule has 1 aromatic carbocycles. The molecule has 0 bridgehead atoms. The van der Waals surface area contributed by atoms with Crippen LogP contribution in [0.5, 0.6) is 0 Å². The van der Waals surface area contributed by atoms with E-state index in [2.05, 4.69) is 35.5 Å². The van der Waals surface area contributed by atoms with Gasteiger partial charge in [0.1, 0.15) is 0 Å². The van der Waals surface area contributed by atoms with E-state index in [1.165, 1.54) is 0 Å². The van der Waals surface area contributed by atoms with Crippen LogP contribution in [-0.4, -0.2) is 39.3 Å². The molecule has 0 amide bonds. The zero-order valence-corrected chi connectivity index (χ0v) is 15.3. The molecule has 0 saturated heterocycles. The first-order valence-corrected chi connectivity index (χ1v) is 8.15. The molecule has 0 fully saturated rings. The smallest absolute Gasteiger partial charge is 0.0801 e. The summed E-state index contributed by atoms with van der Waals surface area (Å²) in [6, 6.07) is 5.87. The summed E-state index contributed by atoms with van der Waals surface area (Å²) in [6.07, 6.45) is 33.0. The largest absolute Gasteiger partial charge is 0.349 e. The Hall–Kier alpha value is -4.02. The van der Waals surface area contributed by atoms with Crippen molar-refractivity contribution in [1.29, 1.82) is 0 Å². The number of nitrogens with zero attached hydrogens (tertiary/aromatic N) is 3. The molecule has 0 radical (unpaired) electrons. The van der Waals surface area contributed by atoms with Gasteiger partial charge in [-0.25, -0.2) is 0 Å². The summed E-state index contributed by atoms with van der Waals surface area (Å²) in [5, 5.41) is 0. The minimum absolute atomic E-state index is 0.363. The van der Waals surface area contributed by atoms with Gasteiger partial charge in [0, 0.05) is 17.1 Å². The van der Waals surface area contributed by atoms with Gasteiger partial charge in [-0.3, -0.25) is 0 Å².